The number of benzene rings is 6. The number of hydrogen-bond acceptors (Lipinski definition) is 6. The van der Waals surface area contributed by atoms with Crippen molar-refractivity contribution >= 4 is 65.7 Å². The predicted octanol–water partition coefficient (Wildman–Crippen LogP) is 11.2. The van der Waals surface area contributed by atoms with Gasteiger partial charge in [-0.25, -0.2) is 4.98 Å². The van der Waals surface area contributed by atoms with Gasteiger partial charge >= 0.3 is 0 Å². The van der Waals surface area contributed by atoms with Crippen molar-refractivity contribution in [3.63, 3.8) is 0 Å². The van der Waals surface area contributed by atoms with E-state index < -0.39 is 0 Å². The van der Waals surface area contributed by atoms with E-state index in [1.54, 1.807) is 12.4 Å². The van der Waals surface area contributed by atoms with Crippen LogP contribution in [0.3, 0.4) is 0 Å². The Kier molecular flexibility index (Phi) is 5.83. The summed E-state index contributed by atoms with van der Waals surface area (Å²) in [7, 11) is 0. The molecule has 0 radical (unpaired) electrons. The molecule has 7 nitrogen and oxygen atoms in total. The smallest absolute Gasteiger partial charge is 0.238 e. The van der Waals surface area contributed by atoms with Crippen molar-refractivity contribution in [2.75, 3.05) is 0 Å². The van der Waals surface area contributed by atoms with Gasteiger partial charge < -0.3 is 8.83 Å². The van der Waals surface area contributed by atoms with Crippen molar-refractivity contribution in [1.29, 1.82) is 0 Å². The molecule has 11 aromatic rings. The summed E-state index contributed by atoms with van der Waals surface area (Å²) >= 11 is 0. The van der Waals surface area contributed by atoms with Gasteiger partial charge in [-0.1, -0.05) is 91.0 Å². The highest BCUT2D eigenvalue weighted by molar-refractivity contribution is 6.13. The summed E-state index contributed by atoms with van der Waals surface area (Å²) in [6.45, 7) is 0. The quantitative estimate of drug-likeness (QED) is 0.188. The second kappa shape index (κ2) is 10.7. The van der Waals surface area contributed by atoms with Crippen LogP contribution in [0.2, 0.25) is 0 Å². The average Bonchev–Trinajstić information content (AvgIpc) is 3.87. The van der Waals surface area contributed by atoms with E-state index in [1.165, 1.54) is 0 Å². The van der Waals surface area contributed by atoms with Crippen LogP contribution in [0.1, 0.15) is 0 Å². The highest BCUT2D eigenvalue weighted by Gasteiger charge is 2.19. The van der Waals surface area contributed by atoms with Crippen LogP contribution < -0.4 is 0 Å². The number of para-hydroxylation sites is 3. The number of nitrogens with zero attached hydrogens (tertiary/aromatic N) is 5. The molecular weight excluding hydrogens is 631 g/mol. The van der Waals surface area contributed by atoms with Crippen LogP contribution in [0.4, 0.5) is 0 Å². The van der Waals surface area contributed by atoms with Gasteiger partial charge in [0.25, 0.3) is 0 Å². The minimum Gasteiger partial charge on any atom is -0.456 e. The molecule has 11 rings (SSSR count). The molecule has 0 amide bonds. The topological polar surface area (TPSA) is 82.8 Å². The lowest BCUT2D eigenvalue weighted by Crippen LogP contribution is -2.06. The lowest BCUT2D eigenvalue weighted by molar-refractivity contribution is 0.667. The molecule has 0 aliphatic heterocycles. The molecule has 0 bridgehead atoms. The molecule has 5 heterocycles. The highest BCUT2D eigenvalue weighted by Crippen LogP contribution is 2.38. The van der Waals surface area contributed by atoms with E-state index in [2.05, 4.69) is 101 Å². The number of rotatable bonds is 4. The molecule has 238 valence electrons. The zero-order valence-corrected chi connectivity index (χ0v) is 27.0. The summed E-state index contributed by atoms with van der Waals surface area (Å²) in [5, 5.41) is 6.48. The average molecular weight is 656 g/mol. The second-order valence-corrected chi connectivity index (χ2v) is 12.7. The normalized spacial score (nSPS) is 11.9. The lowest BCUT2D eigenvalue weighted by Gasteiger charge is -2.12. The summed E-state index contributed by atoms with van der Waals surface area (Å²) in [6.07, 6.45) is 3.53. The first-order chi connectivity index (χ1) is 25.3. The van der Waals surface area contributed by atoms with Gasteiger partial charge in [-0.3, -0.25) is 9.55 Å². The Morgan fingerprint density at radius 1 is 0.431 bits per heavy atom. The zero-order chi connectivity index (χ0) is 33.5. The Labute approximate surface area is 290 Å². The fourth-order valence-corrected chi connectivity index (χ4v) is 7.47. The number of hydrogen-bond donors (Lipinski definition) is 0. The summed E-state index contributed by atoms with van der Waals surface area (Å²) in [5.74, 6) is 1.65. The van der Waals surface area contributed by atoms with E-state index >= 15 is 0 Å². The van der Waals surface area contributed by atoms with Gasteiger partial charge in [0.2, 0.25) is 5.95 Å². The van der Waals surface area contributed by atoms with Gasteiger partial charge in [0.05, 0.1) is 17.2 Å². The third kappa shape index (κ3) is 4.25. The van der Waals surface area contributed by atoms with E-state index in [-0.39, 0.29) is 0 Å². The Morgan fingerprint density at radius 2 is 1.08 bits per heavy atom. The van der Waals surface area contributed by atoms with Crippen LogP contribution >= 0.6 is 0 Å². The number of fused-ring (bicyclic) bond motifs is 9. The lowest BCUT2D eigenvalue weighted by atomic mass is 9.98. The Morgan fingerprint density at radius 3 is 1.90 bits per heavy atom. The number of furan rings is 2. The summed E-state index contributed by atoms with van der Waals surface area (Å²) in [6, 6.07) is 47.6. The van der Waals surface area contributed by atoms with Crippen molar-refractivity contribution in [2.45, 2.75) is 0 Å². The minimum absolute atomic E-state index is 0.537. The SMILES string of the molecule is c1cc(-c2nc(-c3ccc4c(c3)oc3cnccc34)nc(-n3c4ccccc4c4ccccc43)n2)cc(-c2cccc3oc4ccccc4c23)c1. The maximum absolute atomic E-state index is 6.22. The van der Waals surface area contributed by atoms with Crippen molar-refractivity contribution < 1.29 is 8.83 Å². The number of aromatic nitrogens is 5. The molecule has 0 saturated heterocycles. The largest absolute Gasteiger partial charge is 0.456 e. The van der Waals surface area contributed by atoms with Gasteiger partial charge in [0.1, 0.15) is 16.7 Å². The molecule has 6 aromatic carbocycles. The van der Waals surface area contributed by atoms with Crippen LogP contribution in [0.5, 0.6) is 0 Å². The van der Waals surface area contributed by atoms with Gasteiger partial charge in [-0.05, 0) is 59.7 Å². The molecule has 0 fully saturated rings. The van der Waals surface area contributed by atoms with Gasteiger partial charge in [0.15, 0.2) is 17.2 Å². The molecule has 0 aliphatic carbocycles. The first-order valence-corrected chi connectivity index (χ1v) is 16.8. The standard InChI is InChI=1S/C44H25N5O2/c1-4-15-35-30(11-1)31-12-2-5-16-36(31)49(35)44-47-42(46-43(48-44)28-19-20-32-33-21-22-45-25-40(33)51-39(32)24-28)27-10-7-9-26(23-27)29-14-8-18-38-41(29)34-13-3-6-17-37(34)50-38/h1-25H. The maximum atomic E-state index is 6.22. The zero-order valence-electron chi connectivity index (χ0n) is 27.0. The van der Waals surface area contributed by atoms with Crippen LogP contribution in [0, 0.1) is 0 Å². The van der Waals surface area contributed by atoms with Crippen molar-refractivity contribution in [2.24, 2.45) is 0 Å². The molecule has 0 spiro atoms. The van der Waals surface area contributed by atoms with Crippen LogP contribution in [0.25, 0.3) is 106 Å². The minimum atomic E-state index is 0.537. The van der Waals surface area contributed by atoms with Gasteiger partial charge in [-0.2, -0.15) is 9.97 Å². The van der Waals surface area contributed by atoms with E-state index in [4.69, 9.17) is 23.8 Å². The molecule has 0 N–H and O–H groups in total. The van der Waals surface area contributed by atoms with Crippen LogP contribution in [-0.4, -0.2) is 24.5 Å². The maximum Gasteiger partial charge on any atom is 0.238 e. The fraction of sp³-hybridized carbons (Fsp3) is 0. The molecule has 0 atom stereocenters. The molecular formula is C44H25N5O2. The molecule has 5 aromatic heterocycles. The van der Waals surface area contributed by atoms with Crippen LogP contribution in [-0.2, 0) is 0 Å². The third-order valence-corrected chi connectivity index (χ3v) is 9.77. The van der Waals surface area contributed by atoms with Crippen molar-refractivity contribution in [1.82, 2.24) is 24.5 Å². The summed E-state index contributed by atoms with van der Waals surface area (Å²) in [5.41, 5.74) is 9.08. The molecule has 51 heavy (non-hydrogen) atoms. The van der Waals surface area contributed by atoms with E-state index in [1.807, 2.05) is 48.5 Å². The third-order valence-electron chi connectivity index (χ3n) is 9.77. The van der Waals surface area contributed by atoms with Crippen molar-refractivity contribution in [3.05, 3.63) is 152 Å². The van der Waals surface area contributed by atoms with Crippen molar-refractivity contribution in [3.8, 4) is 39.9 Å². The van der Waals surface area contributed by atoms with Gasteiger partial charge in [0, 0.05) is 49.6 Å². The Hall–Kier alpha value is -7.12. The Balaban J connectivity index is 1.15. The first kappa shape index (κ1) is 27.8. The molecule has 0 aliphatic rings. The monoisotopic (exact) mass is 655 g/mol. The highest BCUT2D eigenvalue weighted by atomic mass is 16.3. The summed E-state index contributed by atoms with van der Waals surface area (Å²) in [4.78, 5) is 19.7. The predicted molar refractivity (Wildman–Crippen MR) is 203 cm³/mol. The second-order valence-electron chi connectivity index (χ2n) is 12.7. The van der Waals surface area contributed by atoms with E-state index in [0.29, 0.717) is 17.6 Å². The Bertz CT molecular complexity index is 3120. The van der Waals surface area contributed by atoms with E-state index in [0.717, 1.165) is 87.9 Å². The van der Waals surface area contributed by atoms with Crippen LogP contribution in [0.15, 0.2) is 161 Å². The molecule has 0 saturated carbocycles. The molecule has 0 unspecified atom stereocenters. The first-order valence-electron chi connectivity index (χ1n) is 16.8. The number of pyridine rings is 1. The molecule has 7 heteroatoms. The fourth-order valence-electron chi connectivity index (χ4n) is 7.47. The summed E-state index contributed by atoms with van der Waals surface area (Å²) < 4.78 is 14.6. The van der Waals surface area contributed by atoms with E-state index in [9.17, 15) is 0 Å². The van der Waals surface area contributed by atoms with Gasteiger partial charge in [-0.15, -0.1) is 0 Å².